The van der Waals surface area contributed by atoms with Crippen LogP contribution in [0.3, 0.4) is 0 Å². The predicted molar refractivity (Wildman–Crippen MR) is 61.6 cm³/mol. The van der Waals surface area contributed by atoms with E-state index in [0.29, 0.717) is 18.7 Å². The monoisotopic (exact) mass is 234 g/mol. The Morgan fingerprint density at radius 3 is 2.41 bits per heavy atom. The molecule has 1 aromatic carbocycles. The number of carboxylic acids is 1. The molecule has 1 fully saturated rings. The van der Waals surface area contributed by atoms with Crippen molar-refractivity contribution in [2.24, 2.45) is 0 Å². The highest BCUT2D eigenvalue weighted by Gasteiger charge is 2.36. The van der Waals surface area contributed by atoms with Crippen LogP contribution in [0.5, 0.6) is 0 Å². The maximum atomic E-state index is 11.8. The third-order valence-electron chi connectivity index (χ3n) is 2.91. The number of benzene rings is 1. The van der Waals surface area contributed by atoms with E-state index in [0.717, 1.165) is 0 Å². The molecule has 1 saturated heterocycles. The van der Waals surface area contributed by atoms with Gasteiger partial charge < -0.3 is 14.9 Å². The lowest BCUT2D eigenvalue weighted by molar-refractivity contribution is -0.142. The summed E-state index contributed by atoms with van der Waals surface area (Å²) in [5.74, 6) is -1.00. The second-order valence-corrected chi connectivity index (χ2v) is 4.05. The van der Waals surface area contributed by atoms with Crippen molar-refractivity contribution in [3.63, 3.8) is 0 Å². The number of amides is 2. The van der Waals surface area contributed by atoms with Gasteiger partial charge in [-0.15, -0.1) is 0 Å². The summed E-state index contributed by atoms with van der Waals surface area (Å²) in [6, 6.07) is 7.69. The molecule has 0 spiro atoms. The van der Waals surface area contributed by atoms with E-state index < -0.39 is 12.0 Å². The van der Waals surface area contributed by atoms with E-state index in [2.05, 4.69) is 0 Å². The van der Waals surface area contributed by atoms with E-state index in [-0.39, 0.29) is 6.03 Å². The van der Waals surface area contributed by atoms with E-state index in [4.69, 9.17) is 0 Å². The van der Waals surface area contributed by atoms with Gasteiger partial charge in [0.05, 0.1) is 0 Å². The summed E-state index contributed by atoms with van der Waals surface area (Å²) in [5, 5.41) is 9.28. The molecule has 0 aliphatic carbocycles. The van der Waals surface area contributed by atoms with Gasteiger partial charge in [0.25, 0.3) is 0 Å². The molecular formula is C12H14N2O3. The number of hydrogen-bond donors (Lipinski definition) is 1. The maximum Gasteiger partial charge on any atom is 0.331 e. The van der Waals surface area contributed by atoms with Gasteiger partial charge in [-0.25, -0.2) is 9.59 Å². The van der Waals surface area contributed by atoms with Crippen LogP contribution in [-0.2, 0) is 4.79 Å². The molecular weight excluding hydrogens is 220 g/mol. The van der Waals surface area contributed by atoms with Gasteiger partial charge >= 0.3 is 12.0 Å². The fourth-order valence-corrected chi connectivity index (χ4v) is 2.00. The molecule has 1 aliphatic heterocycles. The number of nitrogens with zero attached hydrogens (tertiary/aromatic N) is 2. The number of aliphatic carboxylic acids is 1. The molecule has 0 aromatic heterocycles. The highest BCUT2D eigenvalue weighted by atomic mass is 16.4. The molecule has 1 heterocycles. The minimum Gasteiger partial charge on any atom is -0.479 e. The van der Waals surface area contributed by atoms with Crippen LogP contribution < -0.4 is 0 Å². The van der Waals surface area contributed by atoms with Gasteiger partial charge in [-0.3, -0.25) is 0 Å². The Bertz CT molecular complexity index is 433. The van der Waals surface area contributed by atoms with Crippen LogP contribution in [0.15, 0.2) is 30.3 Å². The molecule has 2 amide bonds. The fraction of sp³-hybridized carbons (Fsp3) is 0.333. The van der Waals surface area contributed by atoms with Gasteiger partial charge in [0, 0.05) is 20.1 Å². The zero-order valence-corrected chi connectivity index (χ0v) is 9.54. The Kier molecular flexibility index (Phi) is 2.99. The average Bonchev–Trinajstić information content (AvgIpc) is 2.63. The maximum absolute atomic E-state index is 11.8. The smallest absolute Gasteiger partial charge is 0.331 e. The van der Waals surface area contributed by atoms with Crippen LogP contribution in [0.25, 0.3) is 0 Å². The topological polar surface area (TPSA) is 60.9 Å². The van der Waals surface area contributed by atoms with E-state index in [9.17, 15) is 14.7 Å². The van der Waals surface area contributed by atoms with Gasteiger partial charge in [-0.05, 0) is 5.56 Å². The van der Waals surface area contributed by atoms with Crippen molar-refractivity contribution >= 4 is 12.0 Å². The van der Waals surface area contributed by atoms with E-state index >= 15 is 0 Å². The first kappa shape index (κ1) is 11.4. The van der Waals surface area contributed by atoms with Crippen LogP contribution in [0, 0.1) is 0 Å². The number of likely N-dealkylation sites (N-methyl/N-ethyl adjacent to an activating group) is 1. The number of carbonyl (C=O) groups is 2. The molecule has 1 N–H and O–H groups in total. The van der Waals surface area contributed by atoms with E-state index in [1.807, 2.05) is 6.07 Å². The Morgan fingerprint density at radius 1 is 1.29 bits per heavy atom. The van der Waals surface area contributed by atoms with Crippen LogP contribution in [0.4, 0.5) is 4.79 Å². The minimum atomic E-state index is -1.00. The first-order valence-electron chi connectivity index (χ1n) is 5.40. The summed E-state index contributed by atoms with van der Waals surface area (Å²) in [7, 11) is 1.67. The first-order valence-corrected chi connectivity index (χ1v) is 5.40. The SMILES string of the molecule is CN1CCN(C(C(=O)O)c2ccccc2)C1=O. The van der Waals surface area contributed by atoms with Gasteiger partial charge in [0.15, 0.2) is 6.04 Å². The summed E-state index contributed by atoms with van der Waals surface area (Å²) in [6.07, 6.45) is 0. The van der Waals surface area contributed by atoms with Crippen molar-refractivity contribution in [3.8, 4) is 0 Å². The second-order valence-electron chi connectivity index (χ2n) is 4.05. The third kappa shape index (κ3) is 2.08. The number of rotatable bonds is 3. The molecule has 1 aliphatic rings. The Balaban J connectivity index is 2.31. The van der Waals surface area contributed by atoms with Crippen molar-refractivity contribution in [3.05, 3.63) is 35.9 Å². The van der Waals surface area contributed by atoms with E-state index in [1.54, 1.807) is 31.3 Å². The highest BCUT2D eigenvalue weighted by molar-refractivity contribution is 5.84. The van der Waals surface area contributed by atoms with Gasteiger partial charge in [-0.1, -0.05) is 30.3 Å². The first-order chi connectivity index (χ1) is 8.11. The van der Waals surface area contributed by atoms with Crippen molar-refractivity contribution in [2.45, 2.75) is 6.04 Å². The zero-order chi connectivity index (χ0) is 12.4. The van der Waals surface area contributed by atoms with E-state index in [1.165, 1.54) is 9.80 Å². The van der Waals surface area contributed by atoms with Gasteiger partial charge in [0.2, 0.25) is 0 Å². The Morgan fingerprint density at radius 2 is 1.94 bits per heavy atom. The fourth-order valence-electron chi connectivity index (χ4n) is 2.00. The zero-order valence-electron chi connectivity index (χ0n) is 9.54. The Hall–Kier alpha value is -2.04. The average molecular weight is 234 g/mol. The molecule has 0 radical (unpaired) electrons. The number of carboxylic acid groups (broad SMARTS) is 1. The van der Waals surface area contributed by atoms with Gasteiger partial charge in [-0.2, -0.15) is 0 Å². The van der Waals surface area contributed by atoms with Gasteiger partial charge in [0.1, 0.15) is 0 Å². The Labute approximate surface area is 99.3 Å². The second kappa shape index (κ2) is 4.45. The lowest BCUT2D eigenvalue weighted by Gasteiger charge is -2.24. The molecule has 5 nitrogen and oxygen atoms in total. The lowest BCUT2D eigenvalue weighted by atomic mass is 10.1. The van der Waals surface area contributed by atoms with Crippen molar-refractivity contribution in [1.82, 2.24) is 9.80 Å². The van der Waals surface area contributed by atoms with Crippen LogP contribution in [-0.4, -0.2) is 47.0 Å². The van der Waals surface area contributed by atoms with Crippen molar-refractivity contribution in [1.29, 1.82) is 0 Å². The predicted octanol–water partition coefficient (Wildman–Crippen LogP) is 1.18. The standard InChI is InChI=1S/C12H14N2O3/c1-13-7-8-14(12(13)17)10(11(15)16)9-5-3-2-4-6-9/h2-6,10H,7-8H2,1H3,(H,15,16). The van der Waals surface area contributed by atoms with Crippen LogP contribution >= 0.6 is 0 Å². The number of carbonyl (C=O) groups excluding carboxylic acids is 1. The summed E-state index contributed by atoms with van der Waals surface area (Å²) in [4.78, 5) is 26.1. The minimum absolute atomic E-state index is 0.235. The summed E-state index contributed by atoms with van der Waals surface area (Å²) < 4.78 is 0. The molecule has 2 rings (SSSR count). The molecule has 1 atom stereocenters. The summed E-state index contributed by atoms with van der Waals surface area (Å²) in [5.41, 5.74) is 0.628. The quantitative estimate of drug-likeness (QED) is 0.854. The van der Waals surface area contributed by atoms with Crippen molar-refractivity contribution in [2.75, 3.05) is 20.1 Å². The van der Waals surface area contributed by atoms with Crippen molar-refractivity contribution < 1.29 is 14.7 Å². The summed E-state index contributed by atoms with van der Waals surface area (Å²) >= 11 is 0. The molecule has 90 valence electrons. The number of hydrogen-bond acceptors (Lipinski definition) is 2. The lowest BCUT2D eigenvalue weighted by Crippen LogP contribution is -2.37. The third-order valence-corrected chi connectivity index (χ3v) is 2.91. The molecule has 5 heteroatoms. The molecule has 1 unspecified atom stereocenters. The molecule has 17 heavy (non-hydrogen) atoms. The highest BCUT2D eigenvalue weighted by Crippen LogP contribution is 2.24. The normalized spacial score (nSPS) is 17.4. The molecule has 0 saturated carbocycles. The summed E-state index contributed by atoms with van der Waals surface area (Å²) in [6.45, 7) is 1.01. The molecule has 1 aromatic rings. The largest absolute Gasteiger partial charge is 0.479 e. The number of urea groups is 1. The molecule has 0 bridgehead atoms. The van der Waals surface area contributed by atoms with Crippen LogP contribution in [0.1, 0.15) is 11.6 Å². The van der Waals surface area contributed by atoms with Crippen LogP contribution in [0.2, 0.25) is 0 Å².